The standard InChI is InChI=1S/C27H22N2O/c30-26(29-28-19-21-12-9-11-20-10-7-8-17-24(20)21)25-18-27(25,22-13-3-1-4-14-22)23-15-5-2-6-16-23/h1-17,19,25H,18H2,(H,29,30)/b28-19-/t25-/m0/s1. The van der Waals surface area contributed by atoms with Crippen LogP contribution in [-0.4, -0.2) is 12.1 Å². The zero-order valence-corrected chi connectivity index (χ0v) is 16.5. The quantitative estimate of drug-likeness (QED) is 0.365. The first-order valence-electron chi connectivity index (χ1n) is 10.2. The van der Waals surface area contributed by atoms with Gasteiger partial charge in [0.05, 0.1) is 12.1 Å². The maximum atomic E-state index is 13.0. The highest BCUT2D eigenvalue weighted by molar-refractivity contribution is 6.00. The summed E-state index contributed by atoms with van der Waals surface area (Å²) in [6.45, 7) is 0. The number of nitrogens with one attached hydrogen (secondary N) is 1. The van der Waals surface area contributed by atoms with Crippen molar-refractivity contribution >= 4 is 22.9 Å². The van der Waals surface area contributed by atoms with Gasteiger partial charge in [0.2, 0.25) is 5.91 Å². The van der Waals surface area contributed by atoms with E-state index < -0.39 is 0 Å². The van der Waals surface area contributed by atoms with Crippen LogP contribution in [0.1, 0.15) is 23.1 Å². The summed E-state index contributed by atoms with van der Waals surface area (Å²) >= 11 is 0. The molecule has 0 aromatic heterocycles. The lowest BCUT2D eigenvalue weighted by atomic mass is 9.85. The SMILES string of the molecule is O=C(N/N=C\c1cccc2ccccc12)[C@@H]1CC1(c1ccccc1)c1ccccc1. The smallest absolute Gasteiger partial charge is 0.244 e. The number of carbonyl (C=O) groups excluding carboxylic acids is 1. The van der Waals surface area contributed by atoms with Crippen molar-refractivity contribution in [1.29, 1.82) is 0 Å². The normalized spacial score (nSPS) is 17.1. The van der Waals surface area contributed by atoms with Crippen LogP contribution in [0.3, 0.4) is 0 Å². The Balaban J connectivity index is 1.38. The summed E-state index contributed by atoms with van der Waals surface area (Å²) < 4.78 is 0. The van der Waals surface area contributed by atoms with Crippen LogP contribution in [0.4, 0.5) is 0 Å². The molecule has 30 heavy (non-hydrogen) atoms. The van der Waals surface area contributed by atoms with E-state index in [9.17, 15) is 4.79 Å². The summed E-state index contributed by atoms with van der Waals surface area (Å²) in [4.78, 5) is 13.0. The van der Waals surface area contributed by atoms with E-state index in [0.717, 1.165) is 22.8 Å². The molecule has 0 bridgehead atoms. The van der Waals surface area contributed by atoms with Gasteiger partial charge in [-0.2, -0.15) is 5.10 Å². The fourth-order valence-corrected chi connectivity index (χ4v) is 4.46. The highest BCUT2D eigenvalue weighted by atomic mass is 16.2. The monoisotopic (exact) mass is 390 g/mol. The topological polar surface area (TPSA) is 41.5 Å². The van der Waals surface area contributed by atoms with Crippen LogP contribution in [0, 0.1) is 5.92 Å². The molecule has 3 nitrogen and oxygen atoms in total. The third-order valence-electron chi connectivity index (χ3n) is 6.06. The summed E-state index contributed by atoms with van der Waals surface area (Å²) in [6.07, 6.45) is 2.52. The molecule has 1 N–H and O–H groups in total. The molecule has 0 aliphatic heterocycles. The maximum Gasteiger partial charge on any atom is 0.244 e. The first-order chi connectivity index (χ1) is 14.8. The third kappa shape index (κ3) is 3.18. The van der Waals surface area contributed by atoms with Gasteiger partial charge in [-0.25, -0.2) is 5.43 Å². The molecular weight excluding hydrogens is 368 g/mol. The predicted molar refractivity (Wildman–Crippen MR) is 121 cm³/mol. The van der Waals surface area contributed by atoms with Crippen molar-refractivity contribution < 1.29 is 4.79 Å². The Kier molecular flexibility index (Phi) is 4.64. The number of benzene rings is 4. The molecule has 0 unspecified atom stereocenters. The van der Waals surface area contributed by atoms with E-state index in [0.29, 0.717) is 0 Å². The van der Waals surface area contributed by atoms with E-state index in [1.54, 1.807) is 6.21 Å². The van der Waals surface area contributed by atoms with E-state index in [2.05, 4.69) is 53.0 Å². The van der Waals surface area contributed by atoms with Crippen molar-refractivity contribution in [3.63, 3.8) is 0 Å². The Bertz CT molecular complexity index is 1170. The van der Waals surface area contributed by atoms with Crippen molar-refractivity contribution in [1.82, 2.24) is 5.43 Å². The number of hydrazone groups is 1. The lowest BCUT2D eigenvalue weighted by Crippen LogP contribution is -2.25. The number of hydrogen-bond donors (Lipinski definition) is 1. The maximum absolute atomic E-state index is 13.0. The molecule has 1 saturated carbocycles. The Morgan fingerprint density at radius 3 is 2.10 bits per heavy atom. The van der Waals surface area contributed by atoms with Crippen molar-refractivity contribution in [3.8, 4) is 0 Å². The fourth-order valence-electron chi connectivity index (χ4n) is 4.46. The van der Waals surface area contributed by atoms with E-state index in [4.69, 9.17) is 0 Å². The molecular formula is C27H22N2O. The van der Waals surface area contributed by atoms with Gasteiger partial charge in [-0.3, -0.25) is 4.79 Å². The van der Waals surface area contributed by atoms with Gasteiger partial charge in [-0.15, -0.1) is 0 Å². The Morgan fingerprint density at radius 2 is 1.40 bits per heavy atom. The second kappa shape index (κ2) is 7.60. The molecule has 4 aromatic carbocycles. The molecule has 0 heterocycles. The number of fused-ring (bicyclic) bond motifs is 1. The molecule has 1 fully saturated rings. The molecule has 1 amide bonds. The van der Waals surface area contributed by atoms with Crippen molar-refractivity contribution in [2.75, 3.05) is 0 Å². The molecule has 1 atom stereocenters. The lowest BCUT2D eigenvalue weighted by molar-refractivity contribution is -0.122. The zero-order valence-electron chi connectivity index (χ0n) is 16.5. The van der Waals surface area contributed by atoms with E-state index in [1.807, 2.05) is 60.7 Å². The number of rotatable bonds is 5. The summed E-state index contributed by atoms with van der Waals surface area (Å²) in [5.41, 5.74) is 5.84. The van der Waals surface area contributed by atoms with Crippen LogP contribution in [0.15, 0.2) is 108 Å². The minimum absolute atomic E-state index is 0.0424. The summed E-state index contributed by atoms with van der Waals surface area (Å²) in [5.74, 6) is -0.175. The minimum Gasteiger partial charge on any atom is -0.273 e. The Hall–Kier alpha value is -3.72. The molecule has 0 radical (unpaired) electrons. The molecule has 3 heteroatoms. The molecule has 4 aromatic rings. The van der Waals surface area contributed by atoms with Crippen molar-refractivity contribution in [3.05, 3.63) is 120 Å². The molecule has 5 rings (SSSR count). The van der Waals surface area contributed by atoms with Crippen LogP contribution in [0.2, 0.25) is 0 Å². The van der Waals surface area contributed by atoms with Gasteiger partial charge >= 0.3 is 0 Å². The van der Waals surface area contributed by atoms with Crippen LogP contribution in [-0.2, 0) is 10.2 Å². The fraction of sp³-hybridized carbons (Fsp3) is 0.111. The Labute approximate surface area is 176 Å². The number of carbonyl (C=O) groups is 1. The summed E-state index contributed by atoms with van der Waals surface area (Å²) in [6, 6.07) is 34.8. The second-order valence-electron chi connectivity index (χ2n) is 7.76. The summed E-state index contributed by atoms with van der Waals surface area (Å²) in [5, 5.41) is 6.55. The van der Waals surface area contributed by atoms with Gasteiger partial charge in [0.15, 0.2) is 0 Å². The van der Waals surface area contributed by atoms with Crippen LogP contribution < -0.4 is 5.43 Å². The number of hydrogen-bond acceptors (Lipinski definition) is 2. The predicted octanol–water partition coefficient (Wildman–Crippen LogP) is 5.30. The molecule has 0 spiro atoms. The highest BCUT2D eigenvalue weighted by Gasteiger charge is 2.60. The van der Waals surface area contributed by atoms with Crippen molar-refractivity contribution in [2.45, 2.75) is 11.8 Å². The summed E-state index contributed by atoms with van der Waals surface area (Å²) in [7, 11) is 0. The molecule has 1 aliphatic rings. The molecule has 146 valence electrons. The zero-order chi connectivity index (χ0) is 20.4. The van der Waals surface area contributed by atoms with Gasteiger partial charge in [-0.05, 0) is 28.3 Å². The number of nitrogens with zero attached hydrogens (tertiary/aromatic N) is 1. The van der Waals surface area contributed by atoms with Crippen LogP contribution in [0.5, 0.6) is 0 Å². The minimum atomic E-state index is -0.276. The van der Waals surface area contributed by atoms with E-state index in [1.165, 1.54) is 11.1 Å². The average molecular weight is 390 g/mol. The second-order valence-corrected chi connectivity index (χ2v) is 7.76. The van der Waals surface area contributed by atoms with Crippen LogP contribution in [0.25, 0.3) is 10.8 Å². The van der Waals surface area contributed by atoms with Crippen LogP contribution >= 0.6 is 0 Å². The van der Waals surface area contributed by atoms with Gasteiger partial charge in [-0.1, -0.05) is 103 Å². The van der Waals surface area contributed by atoms with E-state index >= 15 is 0 Å². The highest BCUT2D eigenvalue weighted by Crippen LogP contribution is 2.58. The molecule has 1 aliphatic carbocycles. The van der Waals surface area contributed by atoms with Gasteiger partial charge in [0.1, 0.15) is 0 Å². The average Bonchev–Trinajstić information content (AvgIpc) is 3.58. The molecule has 0 saturated heterocycles. The largest absolute Gasteiger partial charge is 0.273 e. The first-order valence-corrected chi connectivity index (χ1v) is 10.2. The first kappa shape index (κ1) is 18.3. The Morgan fingerprint density at radius 1 is 0.800 bits per heavy atom. The van der Waals surface area contributed by atoms with Crippen molar-refractivity contribution in [2.24, 2.45) is 11.0 Å². The third-order valence-corrected chi connectivity index (χ3v) is 6.06. The van der Waals surface area contributed by atoms with Gasteiger partial charge in [0.25, 0.3) is 0 Å². The van der Waals surface area contributed by atoms with Gasteiger partial charge in [0, 0.05) is 11.0 Å². The number of amides is 1. The van der Waals surface area contributed by atoms with Gasteiger partial charge < -0.3 is 0 Å². The van der Waals surface area contributed by atoms with E-state index in [-0.39, 0.29) is 17.2 Å². The lowest BCUT2D eigenvalue weighted by Gasteiger charge is -2.18.